The van der Waals surface area contributed by atoms with Gasteiger partial charge in [0.05, 0.1) is 18.3 Å². The predicted octanol–water partition coefficient (Wildman–Crippen LogP) is 3.26. The van der Waals surface area contributed by atoms with Crippen LogP contribution in [0.15, 0.2) is 52.9 Å². The topological polar surface area (TPSA) is 67.9 Å². The molecule has 29 heavy (non-hydrogen) atoms. The Morgan fingerprint density at radius 1 is 1.07 bits per heavy atom. The Hall–Kier alpha value is -2.60. The molecule has 0 saturated carbocycles. The van der Waals surface area contributed by atoms with Crippen molar-refractivity contribution < 1.29 is 19.1 Å². The molecule has 1 N–H and O–H groups in total. The summed E-state index contributed by atoms with van der Waals surface area (Å²) in [5.74, 6) is -1.14. The summed E-state index contributed by atoms with van der Waals surface area (Å²) in [6.07, 6.45) is 0. The molecule has 0 radical (unpaired) electrons. The molecule has 1 aromatic carbocycles. The Kier molecular flexibility index (Phi) is 8.02. The zero-order valence-electron chi connectivity index (χ0n) is 18.2. The monoisotopic (exact) mass is 400 g/mol. The van der Waals surface area contributed by atoms with Gasteiger partial charge >= 0.3 is 11.9 Å². The first-order chi connectivity index (χ1) is 13.8. The zero-order chi connectivity index (χ0) is 21.6. The summed E-state index contributed by atoms with van der Waals surface area (Å²) in [5.41, 5.74) is 3.63. The van der Waals surface area contributed by atoms with Crippen molar-refractivity contribution in [1.82, 2.24) is 10.2 Å². The third-order valence-corrected chi connectivity index (χ3v) is 5.10. The summed E-state index contributed by atoms with van der Waals surface area (Å²) in [4.78, 5) is 27.4. The summed E-state index contributed by atoms with van der Waals surface area (Å²) in [6, 6.07) is 10.1. The fraction of sp³-hybridized carbons (Fsp3) is 0.478. The number of nitrogens with one attached hydrogen (secondary N) is 1. The van der Waals surface area contributed by atoms with Gasteiger partial charge in [0.2, 0.25) is 0 Å². The Labute approximate surface area is 173 Å². The van der Waals surface area contributed by atoms with Crippen LogP contribution >= 0.6 is 0 Å². The third-order valence-electron chi connectivity index (χ3n) is 5.10. The van der Waals surface area contributed by atoms with E-state index < -0.39 is 11.9 Å². The molecule has 1 aromatic rings. The molecule has 2 rings (SSSR count). The highest BCUT2D eigenvalue weighted by Crippen LogP contribution is 2.36. The summed E-state index contributed by atoms with van der Waals surface area (Å²) >= 11 is 0. The predicted molar refractivity (Wildman–Crippen MR) is 113 cm³/mol. The maximum atomic E-state index is 12.9. The van der Waals surface area contributed by atoms with Crippen LogP contribution in [0.1, 0.15) is 33.3 Å². The number of allylic oxidation sites excluding steroid dienone is 2. The van der Waals surface area contributed by atoms with Crippen molar-refractivity contribution in [1.29, 1.82) is 0 Å². The van der Waals surface area contributed by atoms with E-state index in [4.69, 9.17) is 9.47 Å². The van der Waals surface area contributed by atoms with Gasteiger partial charge in [-0.2, -0.15) is 0 Å². The fourth-order valence-corrected chi connectivity index (χ4v) is 3.71. The molecule has 0 aromatic heterocycles. The minimum Gasteiger partial charge on any atom is -0.466 e. The first kappa shape index (κ1) is 22.7. The SMILES string of the molecule is COC(=O)C1=C(C)NC(C)=C(C(=O)OCCN(C)Cc2ccccc2)C1C(C)C. The number of rotatable bonds is 8. The van der Waals surface area contributed by atoms with Crippen molar-refractivity contribution in [2.45, 2.75) is 34.2 Å². The second-order valence-corrected chi connectivity index (χ2v) is 7.77. The smallest absolute Gasteiger partial charge is 0.336 e. The van der Waals surface area contributed by atoms with Gasteiger partial charge in [0.25, 0.3) is 0 Å². The number of ether oxygens (including phenoxy) is 2. The molecule has 0 fully saturated rings. The molecule has 1 atom stereocenters. The van der Waals surface area contributed by atoms with Crippen molar-refractivity contribution in [3.63, 3.8) is 0 Å². The molecular formula is C23H32N2O4. The van der Waals surface area contributed by atoms with Crippen LogP contribution in [0.5, 0.6) is 0 Å². The quantitative estimate of drug-likeness (QED) is 0.676. The molecule has 0 spiro atoms. The number of methoxy groups -OCH3 is 1. The largest absolute Gasteiger partial charge is 0.466 e. The Balaban J connectivity index is 2.04. The standard InChI is InChI=1S/C23H32N2O4/c1-15(2)19-20(22(26)28-6)16(3)24-17(4)21(19)23(27)29-13-12-25(5)14-18-10-8-7-9-11-18/h7-11,15,19,24H,12-14H2,1-6H3. The molecule has 0 aliphatic carbocycles. The Morgan fingerprint density at radius 3 is 2.21 bits per heavy atom. The number of benzene rings is 1. The lowest BCUT2D eigenvalue weighted by atomic mass is 9.78. The van der Waals surface area contributed by atoms with E-state index in [0.717, 1.165) is 12.2 Å². The number of dihydropyridines is 1. The lowest BCUT2D eigenvalue weighted by molar-refractivity contribution is -0.140. The summed E-state index contributed by atoms with van der Waals surface area (Å²) < 4.78 is 10.5. The van der Waals surface area contributed by atoms with Crippen molar-refractivity contribution >= 4 is 11.9 Å². The molecule has 1 heterocycles. The molecule has 0 saturated heterocycles. The van der Waals surface area contributed by atoms with Crippen molar-refractivity contribution in [2.24, 2.45) is 11.8 Å². The number of likely N-dealkylation sites (N-methyl/N-ethyl adjacent to an activating group) is 1. The lowest BCUT2D eigenvalue weighted by Gasteiger charge is -2.32. The minimum atomic E-state index is -0.422. The van der Waals surface area contributed by atoms with Crippen molar-refractivity contribution in [3.05, 3.63) is 58.4 Å². The van der Waals surface area contributed by atoms with Gasteiger partial charge < -0.3 is 14.8 Å². The molecule has 6 nitrogen and oxygen atoms in total. The minimum absolute atomic E-state index is 0.0411. The van der Waals surface area contributed by atoms with E-state index in [9.17, 15) is 9.59 Å². The first-order valence-electron chi connectivity index (χ1n) is 9.92. The fourth-order valence-electron chi connectivity index (χ4n) is 3.71. The van der Waals surface area contributed by atoms with E-state index in [0.29, 0.717) is 23.4 Å². The van der Waals surface area contributed by atoms with Gasteiger partial charge in [0.15, 0.2) is 0 Å². The Bertz CT molecular complexity index is 796. The number of hydrogen-bond donors (Lipinski definition) is 1. The number of carbonyl (C=O) groups excluding carboxylic acids is 2. The van der Waals surface area contributed by atoms with Crippen LogP contribution in [0.4, 0.5) is 0 Å². The highest BCUT2D eigenvalue weighted by atomic mass is 16.5. The average Bonchev–Trinajstić information content (AvgIpc) is 2.67. The van der Waals surface area contributed by atoms with E-state index in [2.05, 4.69) is 22.3 Å². The van der Waals surface area contributed by atoms with E-state index in [-0.39, 0.29) is 18.4 Å². The second-order valence-electron chi connectivity index (χ2n) is 7.77. The molecule has 1 aliphatic rings. The van der Waals surface area contributed by atoms with Gasteiger partial charge in [-0.3, -0.25) is 4.90 Å². The normalized spacial score (nSPS) is 16.9. The number of esters is 2. The molecule has 6 heteroatoms. The summed E-state index contributed by atoms with van der Waals surface area (Å²) in [7, 11) is 3.34. The highest BCUT2D eigenvalue weighted by molar-refractivity contribution is 5.97. The van der Waals surface area contributed by atoms with Crippen LogP contribution in [0.2, 0.25) is 0 Å². The third kappa shape index (κ3) is 5.70. The molecular weight excluding hydrogens is 368 g/mol. The lowest BCUT2D eigenvalue weighted by Crippen LogP contribution is -2.36. The zero-order valence-corrected chi connectivity index (χ0v) is 18.2. The molecule has 158 valence electrons. The van der Waals surface area contributed by atoms with Gasteiger partial charge in [-0.15, -0.1) is 0 Å². The van der Waals surface area contributed by atoms with Gasteiger partial charge in [0, 0.05) is 30.4 Å². The number of nitrogens with zero attached hydrogens (tertiary/aromatic N) is 1. The molecule has 1 unspecified atom stereocenters. The highest BCUT2D eigenvalue weighted by Gasteiger charge is 2.38. The van der Waals surface area contributed by atoms with Gasteiger partial charge in [-0.25, -0.2) is 9.59 Å². The molecule has 0 amide bonds. The summed E-state index contributed by atoms with van der Waals surface area (Å²) in [6.45, 7) is 9.31. The average molecular weight is 401 g/mol. The Morgan fingerprint density at radius 2 is 1.66 bits per heavy atom. The maximum Gasteiger partial charge on any atom is 0.336 e. The van der Waals surface area contributed by atoms with Gasteiger partial charge in [-0.1, -0.05) is 44.2 Å². The van der Waals surface area contributed by atoms with E-state index in [1.807, 2.05) is 52.9 Å². The molecule has 1 aliphatic heterocycles. The summed E-state index contributed by atoms with van der Waals surface area (Å²) in [5, 5.41) is 3.14. The second kappa shape index (κ2) is 10.3. The maximum absolute atomic E-state index is 12.9. The van der Waals surface area contributed by atoms with Crippen molar-refractivity contribution in [3.8, 4) is 0 Å². The van der Waals surface area contributed by atoms with Gasteiger partial charge in [-0.05, 0) is 32.4 Å². The van der Waals surface area contributed by atoms with Crippen LogP contribution in [0.25, 0.3) is 0 Å². The van der Waals surface area contributed by atoms with Crippen LogP contribution in [-0.4, -0.2) is 44.1 Å². The first-order valence-corrected chi connectivity index (χ1v) is 9.92. The number of hydrogen-bond acceptors (Lipinski definition) is 6. The van der Waals surface area contributed by atoms with E-state index in [1.165, 1.54) is 12.7 Å². The van der Waals surface area contributed by atoms with Crippen LogP contribution in [0, 0.1) is 11.8 Å². The van der Waals surface area contributed by atoms with Crippen molar-refractivity contribution in [2.75, 3.05) is 27.3 Å². The number of carbonyl (C=O) groups is 2. The van der Waals surface area contributed by atoms with E-state index >= 15 is 0 Å². The van der Waals surface area contributed by atoms with Crippen LogP contribution in [-0.2, 0) is 25.6 Å². The van der Waals surface area contributed by atoms with Gasteiger partial charge in [0.1, 0.15) is 6.61 Å². The van der Waals surface area contributed by atoms with Crippen LogP contribution in [0.3, 0.4) is 0 Å². The van der Waals surface area contributed by atoms with Crippen LogP contribution < -0.4 is 5.32 Å². The van der Waals surface area contributed by atoms with E-state index in [1.54, 1.807) is 0 Å². The molecule has 0 bridgehead atoms.